The Morgan fingerprint density at radius 1 is 0.875 bits per heavy atom. The fourth-order valence-electron chi connectivity index (χ4n) is 1.32. The predicted molar refractivity (Wildman–Crippen MR) is 83.9 cm³/mol. The van der Waals surface area contributed by atoms with Crippen molar-refractivity contribution in [3.05, 3.63) is 10.3 Å². The minimum Gasteiger partial charge on any atom is -0.315 e. The Hall–Kier alpha value is 1.61. The monoisotopic (exact) mass is 349 g/mol. The molecule has 0 spiro atoms. The predicted octanol–water partition coefficient (Wildman–Crippen LogP) is 6.61. The Bertz CT molecular complexity index is 382. The lowest BCUT2D eigenvalue weighted by Crippen LogP contribution is -2.21. The fourth-order valence-corrected chi connectivity index (χ4v) is 11.8. The van der Waals surface area contributed by atoms with Crippen LogP contribution in [0.15, 0.2) is 9.79 Å². The van der Waals surface area contributed by atoms with Crippen molar-refractivity contribution in [2.75, 3.05) is 0 Å². The highest BCUT2D eigenvalue weighted by atomic mass is 35.5. The zero-order valence-corrected chi connectivity index (χ0v) is 14.3. The fraction of sp³-hybridized carbons (Fsp3) is 0.500. The van der Waals surface area contributed by atoms with Crippen molar-refractivity contribution < 1.29 is 0 Å². The largest absolute Gasteiger partial charge is 0.315 e. The van der Waals surface area contributed by atoms with Crippen LogP contribution in [0.5, 0.6) is 0 Å². The van der Waals surface area contributed by atoms with Gasteiger partial charge >= 0.3 is 0 Å². The Kier molecular flexibility index (Phi) is 4.66. The first kappa shape index (κ1) is 14.0. The molecule has 1 aliphatic rings. The molecule has 1 aromatic rings. The summed E-state index contributed by atoms with van der Waals surface area (Å²) in [6, 6.07) is 0. The molecule has 0 aromatic carbocycles. The third-order valence-corrected chi connectivity index (χ3v) is 11.3. The number of hydrogen-bond acceptors (Lipinski definition) is 5. The zero-order valence-electron chi connectivity index (χ0n) is 8.74. The van der Waals surface area contributed by atoms with Crippen molar-refractivity contribution in [1.29, 1.82) is 0 Å². The topological polar surface area (TPSA) is 4.93 Å². The third-order valence-electron chi connectivity index (χ3n) is 1.93. The van der Waals surface area contributed by atoms with Crippen LogP contribution in [0.4, 0.5) is 0 Å². The van der Waals surface area contributed by atoms with E-state index in [1.54, 1.807) is 51.1 Å². The first-order chi connectivity index (χ1) is 7.43. The van der Waals surface area contributed by atoms with E-state index in [1.807, 2.05) is 4.57 Å². The van der Waals surface area contributed by atoms with E-state index in [-0.39, 0.29) is 5.54 Å². The van der Waals surface area contributed by atoms with Crippen LogP contribution in [0.2, 0.25) is 10.3 Å². The van der Waals surface area contributed by atoms with Gasteiger partial charge in [0.05, 0.1) is 9.79 Å². The van der Waals surface area contributed by atoms with Crippen LogP contribution in [0.1, 0.15) is 20.8 Å². The van der Waals surface area contributed by atoms with Gasteiger partial charge in [-0.05, 0) is 71.8 Å². The zero-order chi connectivity index (χ0) is 11.9. The molecular formula is C8H9Cl2NS5. The molecule has 90 valence electrons. The van der Waals surface area contributed by atoms with Gasteiger partial charge in [-0.15, -0.1) is 0 Å². The SMILES string of the molecule is CC(C)(C)n1c(Cl)c2c(c1Cl)SSSSS2. The second-order valence-electron chi connectivity index (χ2n) is 4.12. The van der Waals surface area contributed by atoms with E-state index in [0.29, 0.717) is 0 Å². The van der Waals surface area contributed by atoms with Gasteiger partial charge in [0.2, 0.25) is 0 Å². The van der Waals surface area contributed by atoms with Crippen molar-refractivity contribution in [1.82, 2.24) is 4.57 Å². The molecule has 2 rings (SSSR count). The highest BCUT2D eigenvalue weighted by molar-refractivity contribution is 9.36. The van der Waals surface area contributed by atoms with Crippen LogP contribution in [0, 0.1) is 0 Å². The number of aromatic nitrogens is 1. The molecule has 0 amide bonds. The van der Waals surface area contributed by atoms with Crippen LogP contribution in [-0.2, 0) is 5.54 Å². The second kappa shape index (κ2) is 5.31. The molecule has 0 radical (unpaired) electrons. The molecule has 1 aromatic heterocycles. The lowest BCUT2D eigenvalue weighted by molar-refractivity contribution is 0.398. The molecule has 0 bridgehead atoms. The summed E-state index contributed by atoms with van der Waals surface area (Å²) in [5.74, 6) is 0. The third kappa shape index (κ3) is 2.63. The maximum atomic E-state index is 6.42. The highest BCUT2D eigenvalue weighted by Gasteiger charge is 2.29. The lowest BCUT2D eigenvalue weighted by atomic mass is 10.1. The van der Waals surface area contributed by atoms with Gasteiger partial charge in [0.15, 0.2) is 0 Å². The summed E-state index contributed by atoms with van der Waals surface area (Å²) in [4.78, 5) is 2.18. The average molecular weight is 350 g/mol. The summed E-state index contributed by atoms with van der Waals surface area (Å²) in [5, 5.41) is 1.50. The maximum Gasteiger partial charge on any atom is 0.126 e. The van der Waals surface area contributed by atoms with Crippen LogP contribution < -0.4 is 0 Å². The van der Waals surface area contributed by atoms with Crippen molar-refractivity contribution in [2.45, 2.75) is 36.1 Å². The summed E-state index contributed by atoms with van der Waals surface area (Å²) in [6.07, 6.45) is 0. The smallest absolute Gasteiger partial charge is 0.126 e. The number of rotatable bonds is 0. The normalized spacial score (nSPS) is 17.1. The van der Waals surface area contributed by atoms with Crippen LogP contribution in [0.25, 0.3) is 0 Å². The molecule has 0 unspecified atom stereocenters. The van der Waals surface area contributed by atoms with E-state index in [0.717, 1.165) is 20.1 Å². The van der Waals surface area contributed by atoms with Crippen LogP contribution in [-0.4, -0.2) is 4.57 Å². The lowest BCUT2D eigenvalue weighted by Gasteiger charge is -2.23. The minimum atomic E-state index is -0.0933. The Morgan fingerprint density at radius 3 is 1.69 bits per heavy atom. The molecule has 0 fully saturated rings. The second-order valence-corrected chi connectivity index (χ2v) is 12.3. The van der Waals surface area contributed by atoms with Crippen molar-refractivity contribution in [3.63, 3.8) is 0 Å². The van der Waals surface area contributed by atoms with Gasteiger partial charge in [0.25, 0.3) is 0 Å². The molecule has 8 heteroatoms. The summed E-state index contributed by atoms with van der Waals surface area (Å²) in [7, 11) is 8.57. The molecule has 0 N–H and O–H groups in total. The van der Waals surface area contributed by atoms with Crippen molar-refractivity contribution in [3.8, 4) is 0 Å². The molecule has 2 heterocycles. The van der Waals surface area contributed by atoms with Crippen LogP contribution >= 0.6 is 74.3 Å². The van der Waals surface area contributed by atoms with E-state index >= 15 is 0 Å². The van der Waals surface area contributed by atoms with E-state index in [1.165, 1.54) is 0 Å². The summed E-state index contributed by atoms with van der Waals surface area (Å²) in [5.41, 5.74) is -0.0933. The minimum absolute atomic E-state index is 0.0933. The summed E-state index contributed by atoms with van der Waals surface area (Å²) >= 11 is 12.8. The Labute approximate surface area is 124 Å². The van der Waals surface area contributed by atoms with Gasteiger partial charge in [0, 0.05) is 5.54 Å². The van der Waals surface area contributed by atoms with Gasteiger partial charge in [-0.1, -0.05) is 23.2 Å². The molecule has 0 atom stereocenters. The Morgan fingerprint density at radius 2 is 1.31 bits per heavy atom. The number of hydrogen-bond donors (Lipinski definition) is 0. The summed E-state index contributed by atoms with van der Waals surface area (Å²) in [6.45, 7) is 6.32. The molecular weight excluding hydrogens is 341 g/mol. The quantitative estimate of drug-likeness (QED) is 0.484. The molecule has 0 saturated carbocycles. The van der Waals surface area contributed by atoms with Crippen molar-refractivity contribution in [2.24, 2.45) is 0 Å². The number of fused-ring (bicyclic) bond motifs is 1. The van der Waals surface area contributed by atoms with Gasteiger partial charge in [-0.2, -0.15) is 0 Å². The van der Waals surface area contributed by atoms with Crippen molar-refractivity contribution >= 4 is 74.3 Å². The molecule has 0 saturated heterocycles. The summed E-state index contributed by atoms with van der Waals surface area (Å²) < 4.78 is 2.00. The first-order valence-corrected chi connectivity index (χ1v) is 11.3. The first-order valence-electron chi connectivity index (χ1n) is 4.37. The molecule has 1 nitrogen and oxygen atoms in total. The van der Waals surface area contributed by atoms with Gasteiger partial charge in [-0.25, -0.2) is 0 Å². The van der Waals surface area contributed by atoms with E-state index in [4.69, 9.17) is 23.2 Å². The van der Waals surface area contributed by atoms with E-state index in [9.17, 15) is 0 Å². The van der Waals surface area contributed by atoms with Gasteiger partial charge in [-0.3, -0.25) is 0 Å². The molecule has 1 aliphatic heterocycles. The number of halogens is 2. The van der Waals surface area contributed by atoms with Gasteiger partial charge < -0.3 is 4.57 Å². The number of nitrogens with zero attached hydrogens (tertiary/aromatic N) is 1. The van der Waals surface area contributed by atoms with E-state index < -0.39 is 0 Å². The molecule has 16 heavy (non-hydrogen) atoms. The molecule has 0 aliphatic carbocycles. The maximum absolute atomic E-state index is 6.42. The van der Waals surface area contributed by atoms with Gasteiger partial charge in [0.1, 0.15) is 10.3 Å². The average Bonchev–Trinajstić information content (AvgIpc) is 2.39. The highest BCUT2D eigenvalue weighted by Crippen LogP contribution is 2.63. The van der Waals surface area contributed by atoms with Crippen LogP contribution in [0.3, 0.4) is 0 Å². The standard InChI is InChI=1S/C8H9Cl2NS5/c1-8(2,3)11-6(9)4-5(7(11)10)13-15-16-14-12-4/h1-3H3. The Balaban J connectivity index is 2.58. The van der Waals surface area contributed by atoms with E-state index in [2.05, 4.69) is 20.8 Å².